The van der Waals surface area contributed by atoms with E-state index in [-0.39, 0.29) is 29.8 Å². The van der Waals surface area contributed by atoms with Gasteiger partial charge in [0, 0.05) is 17.9 Å². The Bertz CT molecular complexity index is 746. The van der Waals surface area contributed by atoms with Crippen LogP contribution in [0.1, 0.15) is 36.6 Å². The molecule has 1 fully saturated rings. The zero-order valence-electron chi connectivity index (χ0n) is 13.6. The summed E-state index contributed by atoms with van der Waals surface area (Å²) in [6.45, 7) is 0.758. The van der Waals surface area contributed by atoms with Crippen molar-refractivity contribution in [3.05, 3.63) is 41.4 Å². The SMILES string of the molecule is O=C(NCC1(CO)CC1)[C@H]1CC=CC[C@@H]1c1nc2ccccc2s1. The number of hydrogen-bond acceptors (Lipinski definition) is 4. The van der Waals surface area contributed by atoms with Crippen LogP contribution in [0.25, 0.3) is 10.2 Å². The molecule has 1 aromatic carbocycles. The van der Waals surface area contributed by atoms with E-state index in [0.717, 1.165) is 36.2 Å². The number of para-hydroxylation sites is 1. The summed E-state index contributed by atoms with van der Waals surface area (Å²) in [7, 11) is 0. The first kappa shape index (κ1) is 15.8. The van der Waals surface area contributed by atoms with Gasteiger partial charge in [0.2, 0.25) is 5.91 Å². The molecule has 0 bridgehead atoms. The van der Waals surface area contributed by atoms with Crippen molar-refractivity contribution in [2.75, 3.05) is 13.2 Å². The predicted octanol–water partition coefficient (Wildman–Crippen LogP) is 3.23. The number of hydrogen-bond donors (Lipinski definition) is 2. The van der Waals surface area contributed by atoms with Crippen molar-refractivity contribution in [3.8, 4) is 0 Å². The van der Waals surface area contributed by atoms with Gasteiger partial charge in [-0.15, -0.1) is 11.3 Å². The highest BCUT2D eigenvalue weighted by Crippen LogP contribution is 2.44. The van der Waals surface area contributed by atoms with Gasteiger partial charge in [-0.1, -0.05) is 24.3 Å². The standard InChI is InChI=1S/C19H22N2O2S/c22-12-19(9-10-19)11-20-17(23)13-5-1-2-6-14(13)18-21-15-7-3-4-8-16(15)24-18/h1-4,7-8,13-14,22H,5-6,9-12H2,(H,20,23)/t13-,14-/m0/s1. The molecule has 0 aliphatic heterocycles. The molecule has 0 unspecified atom stereocenters. The molecule has 1 heterocycles. The van der Waals surface area contributed by atoms with Crippen LogP contribution in [0.5, 0.6) is 0 Å². The normalized spacial score (nSPS) is 24.9. The summed E-state index contributed by atoms with van der Waals surface area (Å²) < 4.78 is 1.18. The minimum atomic E-state index is -0.0648. The monoisotopic (exact) mass is 342 g/mol. The van der Waals surface area contributed by atoms with E-state index in [1.807, 2.05) is 18.2 Å². The summed E-state index contributed by atoms with van der Waals surface area (Å²) in [5.74, 6) is 0.185. The number of aliphatic hydroxyl groups excluding tert-OH is 1. The Morgan fingerprint density at radius 1 is 1.29 bits per heavy atom. The number of nitrogens with zero attached hydrogens (tertiary/aromatic N) is 1. The Balaban J connectivity index is 1.52. The van der Waals surface area contributed by atoms with Gasteiger partial charge in [-0.2, -0.15) is 0 Å². The van der Waals surface area contributed by atoms with E-state index in [4.69, 9.17) is 4.98 Å². The first-order chi connectivity index (χ1) is 11.7. The second-order valence-electron chi connectivity index (χ2n) is 7.05. The molecule has 1 aromatic heterocycles. The first-order valence-corrected chi connectivity index (χ1v) is 9.41. The average Bonchev–Trinajstić information content (AvgIpc) is 3.29. The molecular weight excluding hydrogens is 320 g/mol. The molecule has 0 spiro atoms. The summed E-state index contributed by atoms with van der Waals surface area (Å²) in [5, 5.41) is 13.6. The lowest BCUT2D eigenvalue weighted by Gasteiger charge is -2.26. The molecule has 0 radical (unpaired) electrons. The lowest BCUT2D eigenvalue weighted by Crippen LogP contribution is -2.38. The van der Waals surface area contributed by atoms with Gasteiger partial charge >= 0.3 is 0 Å². The van der Waals surface area contributed by atoms with E-state index in [2.05, 4.69) is 23.5 Å². The Morgan fingerprint density at radius 2 is 2.08 bits per heavy atom. The molecule has 1 amide bonds. The van der Waals surface area contributed by atoms with Crippen molar-refractivity contribution in [1.29, 1.82) is 0 Å². The summed E-state index contributed by atoms with van der Waals surface area (Å²) in [6, 6.07) is 8.14. The maximum Gasteiger partial charge on any atom is 0.224 e. The number of fused-ring (bicyclic) bond motifs is 1. The predicted molar refractivity (Wildman–Crippen MR) is 96.0 cm³/mol. The van der Waals surface area contributed by atoms with Gasteiger partial charge in [0.05, 0.1) is 27.7 Å². The molecule has 4 nitrogen and oxygen atoms in total. The fourth-order valence-electron chi connectivity index (χ4n) is 3.40. The van der Waals surface area contributed by atoms with Crippen molar-refractivity contribution in [2.45, 2.75) is 31.6 Å². The van der Waals surface area contributed by atoms with Gasteiger partial charge in [0.15, 0.2) is 0 Å². The maximum atomic E-state index is 12.7. The number of carbonyl (C=O) groups is 1. The lowest BCUT2D eigenvalue weighted by atomic mass is 9.82. The Hall–Kier alpha value is -1.72. The summed E-state index contributed by atoms with van der Waals surface area (Å²) in [5.41, 5.74) is 0.967. The zero-order valence-corrected chi connectivity index (χ0v) is 14.4. The molecule has 2 aliphatic carbocycles. The molecule has 24 heavy (non-hydrogen) atoms. The molecule has 2 aromatic rings. The maximum absolute atomic E-state index is 12.7. The zero-order chi connectivity index (χ0) is 16.6. The molecule has 0 saturated heterocycles. The average molecular weight is 342 g/mol. The van der Waals surface area contributed by atoms with E-state index < -0.39 is 0 Å². The topological polar surface area (TPSA) is 62.2 Å². The molecule has 5 heteroatoms. The third kappa shape index (κ3) is 2.98. The fourth-order valence-corrected chi connectivity index (χ4v) is 4.54. The Kier molecular flexibility index (Phi) is 4.14. The van der Waals surface area contributed by atoms with Crippen LogP contribution in [0, 0.1) is 11.3 Å². The number of nitrogens with one attached hydrogen (secondary N) is 1. The van der Waals surface area contributed by atoms with Crippen LogP contribution < -0.4 is 5.32 Å². The minimum Gasteiger partial charge on any atom is -0.396 e. The molecule has 1 saturated carbocycles. The van der Waals surface area contributed by atoms with E-state index in [1.54, 1.807) is 11.3 Å². The third-order valence-electron chi connectivity index (χ3n) is 5.33. The van der Waals surface area contributed by atoms with Crippen molar-refractivity contribution in [2.24, 2.45) is 11.3 Å². The van der Waals surface area contributed by atoms with Crippen molar-refractivity contribution >= 4 is 27.5 Å². The van der Waals surface area contributed by atoms with E-state index in [9.17, 15) is 9.90 Å². The number of carbonyl (C=O) groups excluding carboxylic acids is 1. The van der Waals surface area contributed by atoms with Crippen LogP contribution >= 0.6 is 11.3 Å². The Morgan fingerprint density at radius 3 is 2.83 bits per heavy atom. The summed E-state index contributed by atoms with van der Waals surface area (Å²) in [6.07, 6.45) is 7.91. The Labute approximate surface area is 145 Å². The number of allylic oxidation sites excluding steroid dienone is 2. The van der Waals surface area contributed by atoms with Crippen LogP contribution in [0.3, 0.4) is 0 Å². The number of thiazole rings is 1. The number of benzene rings is 1. The first-order valence-electron chi connectivity index (χ1n) is 8.60. The number of aliphatic hydroxyl groups is 1. The third-order valence-corrected chi connectivity index (χ3v) is 6.50. The van der Waals surface area contributed by atoms with Crippen molar-refractivity contribution in [3.63, 3.8) is 0 Å². The number of aromatic nitrogens is 1. The van der Waals surface area contributed by atoms with Crippen molar-refractivity contribution < 1.29 is 9.90 Å². The van der Waals surface area contributed by atoms with Crippen LogP contribution in [0.4, 0.5) is 0 Å². The highest BCUT2D eigenvalue weighted by Gasteiger charge is 2.43. The van der Waals surface area contributed by atoms with E-state index in [1.165, 1.54) is 4.70 Å². The second kappa shape index (κ2) is 6.30. The molecular formula is C19H22N2O2S. The summed E-state index contributed by atoms with van der Waals surface area (Å²) >= 11 is 1.70. The van der Waals surface area contributed by atoms with Gasteiger partial charge in [-0.3, -0.25) is 4.79 Å². The molecule has 4 rings (SSSR count). The lowest BCUT2D eigenvalue weighted by molar-refractivity contribution is -0.126. The van der Waals surface area contributed by atoms with E-state index >= 15 is 0 Å². The van der Waals surface area contributed by atoms with Crippen LogP contribution in [-0.2, 0) is 4.79 Å². The van der Waals surface area contributed by atoms with E-state index in [0.29, 0.717) is 6.54 Å². The van der Waals surface area contributed by atoms with Gasteiger partial charge < -0.3 is 10.4 Å². The fraction of sp³-hybridized carbons (Fsp3) is 0.474. The van der Waals surface area contributed by atoms with Crippen LogP contribution in [0.15, 0.2) is 36.4 Å². The second-order valence-corrected chi connectivity index (χ2v) is 8.11. The number of amides is 1. The quantitative estimate of drug-likeness (QED) is 0.820. The molecule has 2 atom stereocenters. The highest BCUT2D eigenvalue weighted by molar-refractivity contribution is 7.18. The highest BCUT2D eigenvalue weighted by atomic mass is 32.1. The summed E-state index contributed by atoms with van der Waals surface area (Å²) in [4.78, 5) is 17.5. The van der Waals surface area contributed by atoms with Gasteiger partial charge in [-0.25, -0.2) is 4.98 Å². The van der Waals surface area contributed by atoms with Gasteiger partial charge in [0.1, 0.15) is 0 Å². The van der Waals surface area contributed by atoms with Crippen LogP contribution in [0.2, 0.25) is 0 Å². The largest absolute Gasteiger partial charge is 0.396 e. The van der Waals surface area contributed by atoms with Crippen molar-refractivity contribution in [1.82, 2.24) is 10.3 Å². The smallest absolute Gasteiger partial charge is 0.224 e. The van der Waals surface area contributed by atoms with Gasteiger partial charge in [0.25, 0.3) is 0 Å². The minimum absolute atomic E-state index is 0.0501. The molecule has 2 N–H and O–H groups in total. The van der Waals surface area contributed by atoms with Gasteiger partial charge in [-0.05, 0) is 37.8 Å². The molecule has 2 aliphatic rings. The molecule has 126 valence electrons. The van der Waals surface area contributed by atoms with Crippen LogP contribution in [-0.4, -0.2) is 29.1 Å². The number of rotatable bonds is 5.